The van der Waals surface area contributed by atoms with Gasteiger partial charge in [0.15, 0.2) is 0 Å². The van der Waals surface area contributed by atoms with Gasteiger partial charge in [-0.05, 0) is 30.2 Å². The quantitative estimate of drug-likeness (QED) is 0.598. The summed E-state index contributed by atoms with van der Waals surface area (Å²) >= 11 is 0. The van der Waals surface area contributed by atoms with E-state index in [-0.39, 0.29) is 5.82 Å². The Morgan fingerprint density at radius 1 is 1.55 bits per heavy atom. The minimum atomic E-state index is -0.139. The third-order valence-electron chi connectivity index (χ3n) is 2.17. The van der Waals surface area contributed by atoms with Gasteiger partial charge in [0.1, 0.15) is 5.82 Å². The van der Waals surface area contributed by atoms with E-state index in [0.717, 1.165) is 12.1 Å². The molecule has 1 aromatic carbocycles. The second kappa shape index (κ2) is 2.31. The molecule has 0 fully saturated rings. The predicted molar refractivity (Wildman–Crippen MR) is 41.7 cm³/mol. The molecule has 0 aliphatic carbocycles. The van der Waals surface area contributed by atoms with Crippen molar-refractivity contribution in [2.24, 2.45) is 0 Å². The molecule has 0 spiro atoms. The average Bonchev–Trinajstić information content (AvgIpc) is 2.32. The molecule has 0 aromatic heterocycles. The van der Waals surface area contributed by atoms with Crippen LogP contribution in [0.1, 0.15) is 24.1 Å². The Kier molecular flexibility index (Phi) is 1.43. The molecule has 1 aromatic rings. The molecule has 0 saturated carbocycles. The van der Waals surface area contributed by atoms with Crippen LogP contribution in [0.4, 0.5) is 4.39 Å². The van der Waals surface area contributed by atoms with Gasteiger partial charge >= 0.3 is 0 Å². The summed E-state index contributed by atoms with van der Waals surface area (Å²) in [5.74, 6) is -0.139. The summed E-state index contributed by atoms with van der Waals surface area (Å²) in [5, 5.41) is 3.25. The topological polar surface area (TPSA) is 12.0 Å². The standard InChI is InChI=1S/C9H10FN/c1-6-9-3-2-8(10)4-7(9)5-11-6/h2-4,6,11H,5H2,1H3. The molecule has 0 amide bonds. The van der Waals surface area contributed by atoms with E-state index in [4.69, 9.17) is 0 Å². The van der Waals surface area contributed by atoms with Gasteiger partial charge in [-0.2, -0.15) is 0 Å². The van der Waals surface area contributed by atoms with Crippen molar-refractivity contribution < 1.29 is 4.39 Å². The van der Waals surface area contributed by atoms with Crippen LogP contribution < -0.4 is 5.32 Å². The summed E-state index contributed by atoms with van der Waals surface area (Å²) in [7, 11) is 0. The van der Waals surface area contributed by atoms with E-state index in [1.54, 1.807) is 6.07 Å². The highest BCUT2D eigenvalue weighted by atomic mass is 19.1. The van der Waals surface area contributed by atoms with Crippen LogP contribution in [0.25, 0.3) is 0 Å². The zero-order chi connectivity index (χ0) is 7.84. The van der Waals surface area contributed by atoms with E-state index >= 15 is 0 Å². The van der Waals surface area contributed by atoms with Crippen LogP contribution in [0.5, 0.6) is 0 Å². The minimum Gasteiger partial charge on any atom is -0.306 e. The van der Waals surface area contributed by atoms with Crippen molar-refractivity contribution in [3.8, 4) is 0 Å². The van der Waals surface area contributed by atoms with Crippen molar-refractivity contribution in [2.75, 3.05) is 0 Å². The highest BCUT2D eigenvalue weighted by Crippen LogP contribution is 2.24. The van der Waals surface area contributed by atoms with E-state index in [1.807, 2.05) is 6.07 Å². The first-order chi connectivity index (χ1) is 5.27. The maximum Gasteiger partial charge on any atom is 0.123 e. The number of hydrogen-bond acceptors (Lipinski definition) is 1. The zero-order valence-corrected chi connectivity index (χ0v) is 6.39. The van der Waals surface area contributed by atoms with Gasteiger partial charge in [-0.3, -0.25) is 0 Å². The van der Waals surface area contributed by atoms with Crippen molar-refractivity contribution in [2.45, 2.75) is 19.5 Å². The predicted octanol–water partition coefficient (Wildman–Crippen LogP) is 1.99. The third-order valence-corrected chi connectivity index (χ3v) is 2.17. The number of hydrogen-bond donors (Lipinski definition) is 1. The van der Waals surface area contributed by atoms with Crippen LogP contribution in [0, 0.1) is 5.82 Å². The van der Waals surface area contributed by atoms with Gasteiger partial charge in [0, 0.05) is 12.6 Å². The highest BCUT2D eigenvalue weighted by molar-refractivity contribution is 5.33. The molecule has 1 atom stereocenters. The van der Waals surface area contributed by atoms with Crippen molar-refractivity contribution in [1.82, 2.24) is 5.32 Å². The Morgan fingerprint density at radius 3 is 3.18 bits per heavy atom. The lowest BCUT2D eigenvalue weighted by Gasteiger charge is -2.02. The zero-order valence-electron chi connectivity index (χ0n) is 6.39. The molecule has 1 nitrogen and oxygen atoms in total. The molecule has 1 unspecified atom stereocenters. The first-order valence-electron chi connectivity index (χ1n) is 3.79. The maximum atomic E-state index is 12.7. The second-order valence-electron chi connectivity index (χ2n) is 2.95. The monoisotopic (exact) mass is 151 g/mol. The molecule has 2 heteroatoms. The summed E-state index contributed by atoms with van der Waals surface area (Å²) in [5.41, 5.74) is 2.32. The van der Waals surface area contributed by atoms with Crippen molar-refractivity contribution in [3.05, 3.63) is 35.1 Å². The van der Waals surface area contributed by atoms with E-state index < -0.39 is 0 Å². The molecule has 11 heavy (non-hydrogen) atoms. The number of rotatable bonds is 0. The van der Waals surface area contributed by atoms with Crippen LogP contribution in [-0.2, 0) is 6.54 Å². The molecule has 1 heterocycles. The lowest BCUT2D eigenvalue weighted by atomic mass is 10.1. The van der Waals surface area contributed by atoms with E-state index in [1.165, 1.54) is 11.6 Å². The summed E-state index contributed by atoms with van der Waals surface area (Å²) in [6.45, 7) is 2.89. The lowest BCUT2D eigenvalue weighted by Crippen LogP contribution is -2.06. The molecule has 0 bridgehead atoms. The lowest BCUT2D eigenvalue weighted by molar-refractivity contribution is 0.625. The Morgan fingerprint density at radius 2 is 2.36 bits per heavy atom. The summed E-state index contributed by atoms with van der Waals surface area (Å²) < 4.78 is 12.7. The molecule has 2 rings (SSSR count). The van der Waals surface area contributed by atoms with Crippen molar-refractivity contribution in [1.29, 1.82) is 0 Å². The van der Waals surface area contributed by atoms with Crippen LogP contribution in [0.2, 0.25) is 0 Å². The fourth-order valence-electron chi connectivity index (χ4n) is 1.52. The molecule has 0 saturated heterocycles. The van der Waals surface area contributed by atoms with Crippen LogP contribution in [-0.4, -0.2) is 0 Å². The molecule has 58 valence electrons. The fourth-order valence-corrected chi connectivity index (χ4v) is 1.52. The van der Waals surface area contributed by atoms with Gasteiger partial charge in [-0.1, -0.05) is 6.07 Å². The van der Waals surface area contributed by atoms with Gasteiger partial charge in [0.25, 0.3) is 0 Å². The van der Waals surface area contributed by atoms with Crippen LogP contribution in [0.3, 0.4) is 0 Å². The van der Waals surface area contributed by atoms with Gasteiger partial charge < -0.3 is 5.32 Å². The average molecular weight is 151 g/mol. The first kappa shape index (κ1) is 6.80. The van der Waals surface area contributed by atoms with Gasteiger partial charge in [0.2, 0.25) is 0 Å². The Balaban J connectivity index is 2.50. The largest absolute Gasteiger partial charge is 0.306 e. The van der Waals surface area contributed by atoms with E-state index in [2.05, 4.69) is 12.2 Å². The highest BCUT2D eigenvalue weighted by Gasteiger charge is 2.16. The number of nitrogens with one attached hydrogen (secondary N) is 1. The minimum absolute atomic E-state index is 0.139. The SMILES string of the molecule is CC1NCc2cc(F)ccc21. The second-order valence-corrected chi connectivity index (χ2v) is 2.95. The first-order valence-corrected chi connectivity index (χ1v) is 3.79. The molecular formula is C9H10FN. The van der Waals surface area contributed by atoms with Crippen molar-refractivity contribution >= 4 is 0 Å². The Hall–Kier alpha value is -0.890. The normalized spacial score (nSPS) is 21.8. The van der Waals surface area contributed by atoms with Gasteiger partial charge in [-0.15, -0.1) is 0 Å². The number of benzene rings is 1. The number of fused-ring (bicyclic) bond motifs is 1. The summed E-state index contributed by atoms with van der Waals surface area (Å²) in [4.78, 5) is 0. The third kappa shape index (κ3) is 1.03. The molecule has 1 aliphatic heterocycles. The summed E-state index contributed by atoms with van der Waals surface area (Å²) in [6, 6.07) is 5.36. The number of halogens is 1. The van der Waals surface area contributed by atoms with Gasteiger partial charge in [0.05, 0.1) is 0 Å². The molecule has 1 aliphatic rings. The van der Waals surface area contributed by atoms with Crippen molar-refractivity contribution in [3.63, 3.8) is 0 Å². The van der Waals surface area contributed by atoms with E-state index in [9.17, 15) is 4.39 Å². The Bertz CT molecular complexity index is 283. The molecule has 0 radical (unpaired) electrons. The maximum absolute atomic E-state index is 12.7. The van der Waals surface area contributed by atoms with Crippen LogP contribution in [0.15, 0.2) is 18.2 Å². The fraction of sp³-hybridized carbons (Fsp3) is 0.333. The molecular weight excluding hydrogens is 141 g/mol. The van der Waals surface area contributed by atoms with Crippen LogP contribution >= 0.6 is 0 Å². The Labute approximate surface area is 65.2 Å². The smallest absolute Gasteiger partial charge is 0.123 e. The summed E-state index contributed by atoms with van der Waals surface area (Å²) in [6.07, 6.45) is 0. The molecule has 1 N–H and O–H groups in total. The van der Waals surface area contributed by atoms with E-state index in [0.29, 0.717) is 6.04 Å². The van der Waals surface area contributed by atoms with Gasteiger partial charge in [-0.25, -0.2) is 4.39 Å².